The quantitative estimate of drug-likeness (QED) is 0.549. The fraction of sp³-hybridized carbons (Fsp3) is 0.526. The number of hydrogen-bond acceptors (Lipinski definition) is 6. The number of hydrogen-bond donors (Lipinski definition) is 0. The van der Waals surface area contributed by atoms with Crippen molar-refractivity contribution in [3.8, 4) is 0 Å². The van der Waals surface area contributed by atoms with Gasteiger partial charge in [-0.1, -0.05) is 18.2 Å². The van der Waals surface area contributed by atoms with Crippen LogP contribution in [0.25, 0.3) is 0 Å². The van der Waals surface area contributed by atoms with E-state index < -0.39 is 21.8 Å². The Morgan fingerprint density at radius 3 is 1.93 bits per heavy atom. The summed E-state index contributed by atoms with van der Waals surface area (Å²) in [5.74, 6) is -1.47. The molecule has 0 unspecified atom stereocenters. The highest BCUT2D eigenvalue weighted by molar-refractivity contribution is 7.89. The van der Waals surface area contributed by atoms with Crippen LogP contribution in [0.4, 0.5) is 0 Å². The van der Waals surface area contributed by atoms with Crippen molar-refractivity contribution in [2.75, 3.05) is 66.1 Å². The predicted octanol–water partition coefficient (Wildman–Crippen LogP) is -1.16. The first-order chi connectivity index (χ1) is 14.3. The Morgan fingerprint density at radius 1 is 0.867 bits per heavy atom. The van der Waals surface area contributed by atoms with Gasteiger partial charge in [0.05, 0.1) is 24.7 Å². The number of carbonyl (C=O) groups is 3. The van der Waals surface area contributed by atoms with Gasteiger partial charge >= 0.3 is 11.8 Å². The highest BCUT2D eigenvalue weighted by atomic mass is 32.2. The third kappa shape index (κ3) is 4.97. The summed E-state index contributed by atoms with van der Waals surface area (Å²) in [5, 5.41) is 0. The summed E-state index contributed by atoms with van der Waals surface area (Å²) in [6.07, 6.45) is 0. The molecule has 0 bridgehead atoms. The van der Waals surface area contributed by atoms with Gasteiger partial charge in [0, 0.05) is 46.3 Å². The van der Waals surface area contributed by atoms with Crippen LogP contribution in [0.15, 0.2) is 35.2 Å². The summed E-state index contributed by atoms with van der Waals surface area (Å²) < 4.78 is 31.3. The Bertz CT molecular complexity index is 878. The van der Waals surface area contributed by atoms with Gasteiger partial charge in [0.15, 0.2) is 0 Å². The number of piperazine rings is 1. The van der Waals surface area contributed by atoms with Gasteiger partial charge in [-0.05, 0) is 12.1 Å². The maximum absolute atomic E-state index is 12.6. The van der Waals surface area contributed by atoms with E-state index in [-0.39, 0.29) is 43.5 Å². The summed E-state index contributed by atoms with van der Waals surface area (Å²) in [6, 6.07) is 7.92. The first-order valence-corrected chi connectivity index (χ1v) is 11.2. The van der Waals surface area contributed by atoms with Gasteiger partial charge in [-0.25, -0.2) is 8.42 Å². The summed E-state index contributed by atoms with van der Waals surface area (Å²) in [7, 11) is -2.40. The summed E-state index contributed by atoms with van der Waals surface area (Å²) >= 11 is 0. The molecule has 2 aliphatic rings. The normalized spacial score (nSPS) is 17.9. The number of nitrogens with zero attached hydrogens (tertiary/aromatic N) is 4. The number of morpholine rings is 1. The van der Waals surface area contributed by atoms with Crippen LogP contribution in [0.5, 0.6) is 0 Å². The average Bonchev–Trinajstić information content (AvgIpc) is 2.79. The molecule has 10 nitrogen and oxygen atoms in total. The van der Waals surface area contributed by atoms with Crippen molar-refractivity contribution in [2.24, 2.45) is 0 Å². The van der Waals surface area contributed by atoms with E-state index in [0.29, 0.717) is 26.3 Å². The van der Waals surface area contributed by atoms with E-state index in [4.69, 9.17) is 4.74 Å². The average molecular weight is 439 g/mol. The molecule has 2 saturated heterocycles. The van der Waals surface area contributed by atoms with Crippen LogP contribution in [0.3, 0.4) is 0 Å². The van der Waals surface area contributed by atoms with Crippen LogP contribution in [-0.4, -0.2) is 111 Å². The standard InChI is InChI=1S/C19H26N4O6S/c1-20(30(27,28)16-5-3-2-4-6-16)15-17(24)21-7-9-22(10-8-21)18(25)19(26)23-11-13-29-14-12-23/h2-6H,7-15H2,1H3. The van der Waals surface area contributed by atoms with E-state index >= 15 is 0 Å². The second kappa shape index (κ2) is 9.54. The molecule has 1 aromatic carbocycles. The Labute approximate surface area is 176 Å². The maximum Gasteiger partial charge on any atom is 0.312 e. The molecule has 2 aliphatic heterocycles. The van der Waals surface area contributed by atoms with Crippen LogP contribution >= 0.6 is 0 Å². The lowest BCUT2D eigenvalue weighted by atomic mass is 10.2. The Morgan fingerprint density at radius 2 is 1.37 bits per heavy atom. The zero-order chi connectivity index (χ0) is 21.7. The molecule has 3 amide bonds. The van der Waals surface area contributed by atoms with Crippen molar-refractivity contribution >= 4 is 27.7 Å². The molecule has 0 saturated carbocycles. The first-order valence-electron chi connectivity index (χ1n) is 9.76. The zero-order valence-corrected chi connectivity index (χ0v) is 17.7. The van der Waals surface area contributed by atoms with E-state index in [1.165, 1.54) is 33.9 Å². The van der Waals surface area contributed by atoms with Gasteiger partial charge in [0.2, 0.25) is 15.9 Å². The van der Waals surface area contributed by atoms with E-state index in [1.807, 2.05) is 0 Å². The second-order valence-corrected chi connectivity index (χ2v) is 9.20. The van der Waals surface area contributed by atoms with Crippen molar-refractivity contribution in [1.82, 2.24) is 19.0 Å². The van der Waals surface area contributed by atoms with Gasteiger partial charge < -0.3 is 19.4 Å². The van der Waals surface area contributed by atoms with Crippen molar-refractivity contribution in [1.29, 1.82) is 0 Å². The van der Waals surface area contributed by atoms with Crippen LogP contribution in [-0.2, 0) is 29.1 Å². The molecule has 0 radical (unpaired) electrons. The largest absolute Gasteiger partial charge is 0.378 e. The molecule has 0 aromatic heterocycles. The smallest absolute Gasteiger partial charge is 0.312 e. The molecule has 2 fully saturated rings. The lowest BCUT2D eigenvalue weighted by Crippen LogP contribution is -2.56. The number of sulfonamides is 1. The molecule has 3 rings (SSSR count). The van der Waals surface area contributed by atoms with E-state index in [9.17, 15) is 22.8 Å². The number of ether oxygens (including phenoxy) is 1. The Kier molecular flexibility index (Phi) is 7.06. The first kappa shape index (κ1) is 22.2. The van der Waals surface area contributed by atoms with E-state index in [2.05, 4.69) is 0 Å². The summed E-state index contributed by atoms with van der Waals surface area (Å²) in [6.45, 7) is 2.29. The van der Waals surface area contributed by atoms with Crippen molar-refractivity contribution < 1.29 is 27.5 Å². The van der Waals surface area contributed by atoms with Gasteiger partial charge in [0.25, 0.3) is 0 Å². The van der Waals surface area contributed by atoms with Gasteiger partial charge in [-0.15, -0.1) is 0 Å². The second-order valence-electron chi connectivity index (χ2n) is 7.15. The Hall–Kier alpha value is -2.50. The van der Waals surface area contributed by atoms with Crippen molar-refractivity contribution in [2.45, 2.75) is 4.90 Å². The third-order valence-corrected chi connectivity index (χ3v) is 7.03. The SMILES string of the molecule is CN(CC(=O)N1CCN(C(=O)C(=O)N2CCOCC2)CC1)S(=O)(=O)c1ccccc1. The minimum Gasteiger partial charge on any atom is -0.378 e. The van der Waals surface area contributed by atoms with Crippen LogP contribution in [0.1, 0.15) is 0 Å². The number of benzene rings is 1. The minimum absolute atomic E-state index is 0.123. The molecule has 11 heteroatoms. The van der Waals surface area contributed by atoms with E-state index in [1.54, 1.807) is 18.2 Å². The molecular formula is C19H26N4O6S. The van der Waals surface area contributed by atoms with Crippen LogP contribution < -0.4 is 0 Å². The lowest BCUT2D eigenvalue weighted by Gasteiger charge is -2.36. The van der Waals surface area contributed by atoms with Gasteiger partial charge in [-0.3, -0.25) is 14.4 Å². The van der Waals surface area contributed by atoms with Gasteiger partial charge in [-0.2, -0.15) is 4.31 Å². The van der Waals surface area contributed by atoms with Crippen molar-refractivity contribution in [3.63, 3.8) is 0 Å². The molecule has 0 aliphatic carbocycles. The lowest BCUT2D eigenvalue weighted by molar-refractivity contribution is -0.155. The molecule has 1 aromatic rings. The highest BCUT2D eigenvalue weighted by Crippen LogP contribution is 2.14. The maximum atomic E-state index is 12.6. The molecule has 0 spiro atoms. The van der Waals surface area contributed by atoms with Crippen LogP contribution in [0.2, 0.25) is 0 Å². The summed E-state index contributed by atoms with van der Waals surface area (Å²) in [4.78, 5) is 41.9. The molecular weight excluding hydrogens is 412 g/mol. The Balaban J connectivity index is 1.51. The fourth-order valence-electron chi connectivity index (χ4n) is 3.34. The summed E-state index contributed by atoms with van der Waals surface area (Å²) in [5.41, 5.74) is 0. The zero-order valence-electron chi connectivity index (χ0n) is 16.9. The van der Waals surface area contributed by atoms with Crippen LogP contribution in [0, 0.1) is 0 Å². The number of carbonyl (C=O) groups excluding carboxylic acids is 3. The fourth-order valence-corrected chi connectivity index (χ4v) is 4.49. The topological polar surface area (TPSA) is 108 Å². The molecule has 2 heterocycles. The minimum atomic E-state index is -3.76. The van der Waals surface area contributed by atoms with E-state index in [0.717, 1.165) is 4.31 Å². The predicted molar refractivity (Wildman–Crippen MR) is 107 cm³/mol. The number of rotatable bonds is 4. The molecule has 0 atom stereocenters. The molecule has 0 N–H and O–H groups in total. The third-order valence-electron chi connectivity index (χ3n) is 5.21. The number of amides is 3. The van der Waals surface area contributed by atoms with Gasteiger partial charge in [0.1, 0.15) is 0 Å². The highest BCUT2D eigenvalue weighted by Gasteiger charge is 2.32. The number of likely N-dealkylation sites (N-methyl/N-ethyl adjacent to an activating group) is 1. The molecule has 30 heavy (non-hydrogen) atoms. The molecule has 164 valence electrons. The van der Waals surface area contributed by atoms with Crippen molar-refractivity contribution in [3.05, 3.63) is 30.3 Å². The monoisotopic (exact) mass is 438 g/mol.